The molecule has 4 aliphatic rings. The van der Waals surface area contributed by atoms with Crippen molar-refractivity contribution in [1.82, 2.24) is 4.98 Å². The van der Waals surface area contributed by atoms with Crippen molar-refractivity contribution in [2.45, 2.75) is 37.6 Å². The molecule has 5 aromatic rings. The Balaban J connectivity index is 1.13. The van der Waals surface area contributed by atoms with Crippen LogP contribution in [0.1, 0.15) is 42.7 Å². The van der Waals surface area contributed by atoms with E-state index < -0.39 is 0 Å². The number of fused-ring (bicyclic) bond motifs is 5. The van der Waals surface area contributed by atoms with Crippen molar-refractivity contribution in [3.63, 3.8) is 0 Å². The average Bonchev–Trinajstić information content (AvgIpc) is 3.45. The standard InChI is InChI=1S/C43H34N2/c1-3-11-30(12-4-1)42-34-15-7-9-17-36(34)43(37-18-10-8-16-35(37)42)31-21-19-29(20-22-31)32-23-24-40-38(27-32)39-28-44-26-25-41(39)45(40)33-13-5-2-6-14-33/h1-7,9,11-13,15-26,28,33,38H,8,10,14,27H2. The summed E-state index contributed by atoms with van der Waals surface area (Å²) in [6.07, 6.45) is 26.8. The third kappa shape index (κ3) is 4.28. The van der Waals surface area contributed by atoms with Gasteiger partial charge in [0.25, 0.3) is 0 Å². The van der Waals surface area contributed by atoms with E-state index in [2.05, 4.69) is 150 Å². The highest BCUT2D eigenvalue weighted by Crippen LogP contribution is 2.51. The Labute approximate surface area is 264 Å². The maximum absolute atomic E-state index is 4.54. The van der Waals surface area contributed by atoms with E-state index in [0.29, 0.717) is 12.0 Å². The van der Waals surface area contributed by atoms with Crippen molar-refractivity contribution in [3.05, 3.63) is 161 Å². The van der Waals surface area contributed by atoms with Crippen LogP contribution in [0.4, 0.5) is 5.69 Å². The molecule has 2 heteroatoms. The van der Waals surface area contributed by atoms with Crippen molar-refractivity contribution in [1.29, 1.82) is 0 Å². The van der Waals surface area contributed by atoms with E-state index >= 15 is 0 Å². The summed E-state index contributed by atoms with van der Waals surface area (Å²) in [7, 11) is 0. The number of hydrogen-bond acceptors (Lipinski definition) is 2. The number of pyridine rings is 1. The summed E-state index contributed by atoms with van der Waals surface area (Å²) in [5.74, 6) is 0.333. The highest BCUT2D eigenvalue weighted by molar-refractivity contribution is 6.06. The molecule has 0 radical (unpaired) electrons. The largest absolute Gasteiger partial charge is 0.337 e. The van der Waals surface area contributed by atoms with Gasteiger partial charge in [0, 0.05) is 35.3 Å². The molecular weight excluding hydrogens is 544 g/mol. The van der Waals surface area contributed by atoms with Crippen molar-refractivity contribution in [2.75, 3.05) is 4.90 Å². The van der Waals surface area contributed by atoms with Crippen LogP contribution in [0.2, 0.25) is 0 Å². The lowest BCUT2D eigenvalue weighted by Gasteiger charge is -2.32. The van der Waals surface area contributed by atoms with Crippen molar-refractivity contribution in [3.8, 4) is 22.3 Å². The fraction of sp³-hybridized carbons (Fsp3) is 0.140. The first kappa shape index (κ1) is 26.2. The molecule has 0 amide bonds. The van der Waals surface area contributed by atoms with Crippen molar-refractivity contribution < 1.29 is 0 Å². The van der Waals surface area contributed by atoms with Crippen molar-refractivity contribution in [2.24, 2.45) is 0 Å². The first-order valence-electron chi connectivity index (χ1n) is 16.2. The lowest BCUT2D eigenvalue weighted by Crippen LogP contribution is -2.32. The summed E-state index contributed by atoms with van der Waals surface area (Å²) < 4.78 is 0. The van der Waals surface area contributed by atoms with Gasteiger partial charge in [0.2, 0.25) is 0 Å². The van der Waals surface area contributed by atoms with Gasteiger partial charge in [0.1, 0.15) is 0 Å². The van der Waals surface area contributed by atoms with Gasteiger partial charge in [-0.3, -0.25) is 4.98 Å². The SMILES string of the molecule is C1=CCC(N2C3=CC=C(c4ccc(-c5c6c(c(-c7ccccc7)c7ccccc57)=CCCC=6)cc4)CC3c3cnccc32)C=C1. The quantitative estimate of drug-likeness (QED) is 0.211. The predicted molar refractivity (Wildman–Crippen MR) is 189 cm³/mol. The van der Waals surface area contributed by atoms with Crippen LogP contribution in [0.5, 0.6) is 0 Å². The number of anilines is 1. The normalized spacial score (nSPS) is 19.6. The topological polar surface area (TPSA) is 16.1 Å². The third-order valence-electron chi connectivity index (χ3n) is 10.0. The van der Waals surface area contributed by atoms with E-state index in [1.807, 2.05) is 6.20 Å². The molecule has 0 spiro atoms. The number of allylic oxidation sites excluding steroid dienone is 6. The van der Waals surface area contributed by atoms with E-state index in [1.165, 1.54) is 71.5 Å². The molecule has 1 aliphatic heterocycles. The zero-order valence-electron chi connectivity index (χ0n) is 25.2. The number of hydrogen-bond donors (Lipinski definition) is 0. The number of nitrogens with zero attached hydrogens (tertiary/aromatic N) is 2. The van der Waals surface area contributed by atoms with E-state index in [9.17, 15) is 0 Å². The summed E-state index contributed by atoms with van der Waals surface area (Å²) in [6, 6.07) is 31.8. The lowest BCUT2D eigenvalue weighted by molar-refractivity contribution is 0.722. The molecule has 1 aromatic heterocycles. The summed E-state index contributed by atoms with van der Waals surface area (Å²) >= 11 is 0. The number of aromatic nitrogens is 1. The first-order chi connectivity index (χ1) is 22.3. The molecule has 2 unspecified atom stereocenters. The molecule has 0 fully saturated rings. The minimum absolute atomic E-state index is 0.333. The van der Waals surface area contributed by atoms with Crippen LogP contribution in [0, 0.1) is 0 Å². The molecule has 9 rings (SSSR count). The van der Waals surface area contributed by atoms with Crippen LogP contribution < -0.4 is 15.3 Å². The molecule has 0 saturated carbocycles. The van der Waals surface area contributed by atoms with Gasteiger partial charge in [0.15, 0.2) is 0 Å². The fourth-order valence-electron chi connectivity index (χ4n) is 8.02. The van der Waals surface area contributed by atoms with Crippen LogP contribution in [-0.4, -0.2) is 11.0 Å². The molecule has 216 valence electrons. The Morgan fingerprint density at radius 3 is 2.07 bits per heavy atom. The molecule has 2 atom stereocenters. The Hall–Kier alpha value is -5.21. The van der Waals surface area contributed by atoms with E-state index in [0.717, 1.165) is 25.7 Å². The van der Waals surface area contributed by atoms with Crippen LogP contribution in [0.15, 0.2) is 139 Å². The molecule has 45 heavy (non-hydrogen) atoms. The molecule has 0 N–H and O–H groups in total. The number of rotatable bonds is 4. The van der Waals surface area contributed by atoms with E-state index in [4.69, 9.17) is 0 Å². The minimum Gasteiger partial charge on any atom is -0.337 e. The van der Waals surface area contributed by atoms with Gasteiger partial charge in [-0.25, -0.2) is 0 Å². The lowest BCUT2D eigenvalue weighted by atomic mass is 9.84. The summed E-state index contributed by atoms with van der Waals surface area (Å²) in [6.45, 7) is 0. The van der Waals surface area contributed by atoms with Crippen LogP contribution in [0.3, 0.4) is 0 Å². The molecule has 2 nitrogen and oxygen atoms in total. The highest BCUT2D eigenvalue weighted by atomic mass is 15.2. The maximum atomic E-state index is 4.54. The Morgan fingerprint density at radius 1 is 0.667 bits per heavy atom. The third-order valence-corrected chi connectivity index (χ3v) is 10.0. The van der Waals surface area contributed by atoms with Gasteiger partial charge in [-0.05, 0) is 92.4 Å². The molecule has 0 saturated heterocycles. The predicted octanol–water partition coefficient (Wildman–Crippen LogP) is 9.08. The minimum atomic E-state index is 0.333. The van der Waals surface area contributed by atoms with Gasteiger partial charge in [-0.2, -0.15) is 0 Å². The molecule has 2 heterocycles. The zero-order valence-corrected chi connectivity index (χ0v) is 25.2. The Kier molecular flexibility index (Phi) is 6.26. The fourth-order valence-corrected chi connectivity index (χ4v) is 8.02. The van der Waals surface area contributed by atoms with Gasteiger partial charge < -0.3 is 4.90 Å². The van der Waals surface area contributed by atoms with Gasteiger partial charge in [-0.1, -0.05) is 121 Å². The maximum Gasteiger partial charge on any atom is 0.0557 e. The van der Waals surface area contributed by atoms with E-state index in [1.54, 1.807) is 0 Å². The van der Waals surface area contributed by atoms with Gasteiger partial charge >= 0.3 is 0 Å². The zero-order chi connectivity index (χ0) is 29.7. The summed E-state index contributed by atoms with van der Waals surface area (Å²) in [5.41, 5.74) is 12.0. The second-order valence-electron chi connectivity index (χ2n) is 12.5. The summed E-state index contributed by atoms with van der Waals surface area (Å²) in [4.78, 5) is 7.09. The van der Waals surface area contributed by atoms with Crippen LogP contribution in [0.25, 0.3) is 50.8 Å². The highest BCUT2D eigenvalue weighted by Gasteiger charge is 2.38. The number of benzene rings is 4. The monoisotopic (exact) mass is 578 g/mol. The van der Waals surface area contributed by atoms with E-state index in [-0.39, 0.29) is 0 Å². The average molecular weight is 579 g/mol. The second-order valence-corrected chi connectivity index (χ2v) is 12.5. The second kappa shape index (κ2) is 10.7. The van der Waals surface area contributed by atoms with Crippen LogP contribution >= 0.6 is 0 Å². The van der Waals surface area contributed by atoms with Gasteiger partial charge in [-0.15, -0.1) is 0 Å². The van der Waals surface area contributed by atoms with Crippen molar-refractivity contribution >= 4 is 34.2 Å². The molecule has 3 aliphatic carbocycles. The molecule has 0 bridgehead atoms. The Morgan fingerprint density at radius 2 is 1.36 bits per heavy atom. The Bertz CT molecular complexity index is 2210. The smallest absolute Gasteiger partial charge is 0.0557 e. The van der Waals surface area contributed by atoms with Gasteiger partial charge in [0.05, 0.1) is 6.04 Å². The first-order valence-corrected chi connectivity index (χ1v) is 16.2. The van der Waals surface area contributed by atoms with Crippen LogP contribution in [-0.2, 0) is 0 Å². The molecular formula is C43H34N2. The summed E-state index contributed by atoms with van der Waals surface area (Å²) in [5, 5.41) is 5.39. The molecule has 4 aromatic carbocycles.